The van der Waals surface area contributed by atoms with Crippen molar-refractivity contribution in [2.75, 3.05) is 31.6 Å². The molecule has 6 nitrogen and oxygen atoms in total. The fourth-order valence-electron chi connectivity index (χ4n) is 4.27. The van der Waals surface area contributed by atoms with Gasteiger partial charge in [-0.1, -0.05) is 6.42 Å². The molecule has 1 fully saturated rings. The summed E-state index contributed by atoms with van der Waals surface area (Å²) in [4.78, 5) is 11.5. The number of fused-ring (bicyclic) bond motifs is 2. The molecule has 0 aliphatic carbocycles. The molecule has 0 radical (unpaired) electrons. The van der Waals surface area contributed by atoms with Crippen molar-refractivity contribution in [3.05, 3.63) is 54.0 Å². The molecule has 6 heteroatoms. The fraction of sp³-hybridized carbons (Fsp3) is 0.391. The van der Waals surface area contributed by atoms with E-state index in [-0.39, 0.29) is 0 Å². The Labute approximate surface area is 171 Å². The normalized spacial score (nSPS) is 16.7. The molecule has 1 saturated heterocycles. The smallest absolute Gasteiger partial charge is 0.144 e. The first-order valence-corrected chi connectivity index (χ1v) is 10.5. The lowest BCUT2D eigenvalue weighted by Crippen LogP contribution is -2.33. The zero-order valence-electron chi connectivity index (χ0n) is 16.9. The molecule has 4 heterocycles. The first kappa shape index (κ1) is 18.2. The molecule has 2 aromatic heterocycles. The number of rotatable bonds is 5. The molecule has 3 aromatic rings. The Bertz CT molecular complexity index is 1050. The van der Waals surface area contributed by atoms with Crippen LogP contribution in [0.15, 0.2) is 47.7 Å². The number of hydrogen-bond donors (Lipinski definition) is 1. The average Bonchev–Trinajstić information content (AvgIpc) is 3.30. The van der Waals surface area contributed by atoms with Crippen LogP contribution in [-0.2, 0) is 13.6 Å². The highest BCUT2D eigenvalue weighted by atomic mass is 16.5. The third-order valence-corrected chi connectivity index (χ3v) is 5.86. The zero-order chi connectivity index (χ0) is 19.6. The Morgan fingerprint density at radius 1 is 1.14 bits per heavy atom. The lowest BCUT2D eigenvalue weighted by Gasteiger charge is -2.26. The molecular formula is C23H27N5O. The van der Waals surface area contributed by atoms with Crippen molar-refractivity contribution < 1.29 is 4.74 Å². The molecule has 0 spiro atoms. The van der Waals surface area contributed by atoms with E-state index in [1.165, 1.54) is 32.4 Å². The second kappa shape index (κ2) is 7.87. The summed E-state index contributed by atoms with van der Waals surface area (Å²) in [6.07, 6.45) is 7.90. The summed E-state index contributed by atoms with van der Waals surface area (Å²) in [6.45, 7) is 4.79. The van der Waals surface area contributed by atoms with E-state index in [1.54, 1.807) is 0 Å². The second-order valence-corrected chi connectivity index (χ2v) is 7.87. The SMILES string of the molecule is Cn1cc(OCCN2CCCCC2)c2ccc(NC3=NCc4ncccc43)cc21. The standard InChI is InChI=1S/C23H27N5O/c1-27-16-22(29-13-12-28-10-3-2-4-11-28)19-8-7-17(14-21(19)27)26-23-18-6-5-9-24-20(18)15-25-23/h5-9,14,16H,2-4,10-13,15H2,1H3,(H,25,26). The molecular weight excluding hydrogens is 362 g/mol. The summed E-state index contributed by atoms with van der Waals surface area (Å²) in [5.74, 6) is 1.85. The number of benzene rings is 1. The van der Waals surface area contributed by atoms with Crippen LogP contribution in [0.5, 0.6) is 5.75 Å². The van der Waals surface area contributed by atoms with Gasteiger partial charge in [0.15, 0.2) is 0 Å². The highest BCUT2D eigenvalue weighted by molar-refractivity contribution is 6.11. The van der Waals surface area contributed by atoms with Crippen molar-refractivity contribution >= 4 is 22.4 Å². The topological polar surface area (TPSA) is 54.7 Å². The van der Waals surface area contributed by atoms with E-state index in [0.29, 0.717) is 6.54 Å². The van der Waals surface area contributed by atoms with Gasteiger partial charge in [0, 0.05) is 42.6 Å². The maximum Gasteiger partial charge on any atom is 0.144 e. The molecule has 0 saturated carbocycles. The summed E-state index contributed by atoms with van der Waals surface area (Å²) < 4.78 is 8.28. The van der Waals surface area contributed by atoms with Gasteiger partial charge in [-0.25, -0.2) is 0 Å². The van der Waals surface area contributed by atoms with Gasteiger partial charge in [-0.05, 0) is 56.3 Å². The summed E-state index contributed by atoms with van der Waals surface area (Å²) >= 11 is 0. The molecule has 5 rings (SSSR count). The number of anilines is 1. The van der Waals surface area contributed by atoms with Crippen molar-refractivity contribution in [2.45, 2.75) is 25.8 Å². The second-order valence-electron chi connectivity index (χ2n) is 7.87. The van der Waals surface area contributed by atoms with E-state index in [9.17, 15) is 0 Å². The van der Waals surface area contributed by atoms with Gasteiger partial charge in [0.1, 0.15) is 18.2 Å². The number of piperidine rings is 1. The predicted octanol–water partition coefficient (Wildman–Crippen LogP) is 3.81. The van der Waals surface area contributed by atoms with Crippen LogP contribution in [0, 0.1) is 0 Å². The van der Waals surface area contributed by atoms with Crippen LogP contribution < -0.4 is 10.1 Å². The van der Waals surface area contributed by atoms with Crippen LogP contribution in [0.2, 0.25) is 0 Å². The molecule has 0 amide bonds. The highest BCUT2D eigenvalue weighted by Gasteiger charge is 2.17. The number of nitrogens with zero attached hydrogens (tertiary/aromatic N) is 4. The number of ether oxygens (including phenoxy) is 1. The molecule has 2 aliphatic rings. The van der Waals surface area contributed by atoms with Crippen LogP contribution in [0.1, 0.15) is 30.5 Å². The van der Waals surface area contributed by atoms with Crippen LogP contribution in [0.25, 0.3) is 10.9 Å². The molecule has 0 bridgehead atoms. The fourth-order valence-corrected chi connectivity index (χ4v) is 4.27. The molecule has 0 unspecified atom stereocenters. The van der Waals surface area contributed by atoms with Gasteiger partial charge in [0.05, 0.1) is 17.8 Å². The van der Waals surface area contributed by atoms with Crippen LogP contribution >= 0.6 is 0 Å². The van der Waals surface area contributed by atoms with Gasteiger partial charge in [-0.3, -0.25) is 14.9 Å². The lowest BCUT2D eigenvalue weighted by atomic mass is 10.1. The maximum absolute atomic E-state index is 6.15. The van der Waals surface area contributed by atoms with Gasteiger partial charge in [0.2, 0.25) is 0 Å². The Morgan fingerprint density at radius 2 is 2.03 bits per heavy atom. The number of aliphatic imine (C=N–C) groups is 1. The average molecular weight is 390 g/mol. The van der Waals surface area contributed by atoms with Crippen molar-refractivity contribution in [1.29, 1.82) is 0 Å². The van der Waals surface area contributed by atoms with Crippen molar-refractivity contribution in [3.63, 3.8) is 0 Å². The Balaban J connectivity index is 1.29. The Kier molecular flexibility index (Phi) is 4.94. The van der Waals surface area contributed by atoms with Crippen LogP contribution in [0.4, 0.5) is 5.69 Å². The largest absolute Gasteiger partial charge is 0.490 e. The predicted molar refractivity (Wildman–Crippen MR) is 117 cm³/mol. The van der Waals surface area contributed by atoms with Crippen molar-refractivity contribution in [3.8, 4) is 5.75 Å². The summed E-state index contributed by atoms with van der Waals surface area (Å²) in [5.41, 5.74) is 4.28. The van der Waals surface area contributed by atoms with E-state index in [2.05, 4.69) is 62.3 Å². The van der Waals surface area contributed by atoms with E-state index in [4.69, 9.17) is 4.74 Å². The molecule has 2 aliphatic heterocycles. The number of nitrogens with one attached hydrogen (secondary N) is 1. The van der Waals surface area contributed by atoms with Crippen molar-refractivity contribution in [2.24, 2.45) is 12.0 Å². The summed E-state index contributed by atoms with van der Waals surface area (Å²) in [6, 6.07) is 10.4. The highest BCUT2D eigenvalue weighted by Crippen LogP contribution is 2.30. The number of pyridine rings is 1. The Morgan fingerprint density at radius 3 is 2.93 bits per heavy atom. The number of likely N-dealkylation sites (tertiary alicyclic amines) is 1. The quantitative estimate of drug-likeness (QED) is 0.721. The van der Waals surface area contributed by atoms with E-state index in [1.807, 2.05) is 12.3 Å². The lowest BCUT2D eigenvalue weighted by molar-refractivity contribution is 0.184. The van der Waals surface area contributed by atoms with Crippen LogP contribution in [-0.4, -0.2) is 46.5 Å². The summed E-state index contributed by atoms with van der Waals surface area (Å²) in [5, 5.41) is 4.61. The molecule has 150 valence electrons. The van der Waals surface area contributed by atoms with Gasteiger partial charge in [0.25, 0.3) is 0 Å². The minimum atomic E-state index is 0.639. The van der Waals surface area contributed by atoms with Crippen LogP contribution in [0.3, 0.4) is 0 Å². The summed E-state index contributed by atoms with van der Waals surface area (Å²) in [7, 11) is 2.07. The van der Waals surface area contributed by atoms with Gasteiger partial charge in [-0.15, -0.1) is 0 Å². The van der Waals surface area contributed by atoms with E-state index in [0.717, 1.165) is 52.6 Å². The molecule has 1 aromatic carbocycles. The number of hydrogen-bond acceptors (Lipinski definition) is 5. The number of aryl methyl sites for hydroxylation is 1. The number of aromatic nitrogens is 2. The first-order valence-electron chi connectivity index (χ1n) is 10.5. The molecule has 0 atom stereocenters. The van der Waals surface area contributed by atoms with E-state index < -0.39 is 0 Å². The third-order valence-electron chi connectivity index (χ3n) is 5.86. The maximum atomic E-state index is 6.15. The van der Waals surface area contributed by atoms with Gasteiger partial charge >= 0.3 is 0 Å². The van der Waals surface area contributed by atoms with Gasteiger partial charge in [-0.2, -0.15) is 0 Å². The molecule has 1 N–H and O–H groups in total. The Hall–Kier alpha value is -2.86. The third kappa shape index (κ3) is 3.72. The first-order chi connectivity index (χ1) is 14.3. The zero-order valence-corrected chi connectivity index (χ0v) is 16.9. The molecule has 29 heavy (non-hydrogen) atoms. The van der Waals surface area contributed by atoms with Gasteiger partial charge < -0.3 is 14.6 Å². The number of amidine groups is 1. The van der Waals surface area contributed by atoms with Crippen molar-refractivity contribution in [1.82, 2.24) is 14.5 Å². The minimum absolute atomic E-state index is 0.639. The van der Waals surface area contributed by atoms with E-state index >= 15 is 0 Å². The minimum Gasteiger partial charge on any atom is -0.490 e. The monoisotopic (exact) mass is 389 g/mol.